The first-order valence-corrected chi connectivity index (χ1v) is 4.22. The van der Waals surface area contributed by atoms with Crippen molar-refractivity contribution in [2.75, 3.05) is 6.61 Å². The van der Waals surface area contributed by atoms with E-state index in [2.05, 4.69) is 0 Å². The molecule has 0 aromatic heterocycles. The van der Waals surface area contributed by atoms with Crippen molar-refractivity contribution in [3.05, 3.63) is 23.9 Å². The minimum Gasteiger partial charge on any atom is -0.402 e. The zero-order valence-electron chi connectivity index (χ0n) is 6.99. The number of hydrogen-bond donors (Lipinski definition) is 2. The van der Waals surface area contributed by atoms with Crippen LogP contribution in [-0.2, 0) is 4.74 Å². The second-order valence-corrected chi connectivity index (χ2v) is 3.67. The molecular formula is C9H14N2O. The van der Waals surface area contributed by atoms with Crippen LogP contribution < -0.4 is 11.5 Å². The van der Waals surface area contributed by atoms with Gasteiger partial charge in [0.15, 0.2) is 0 Å². The molecule has 3 heteroatoms. The van der Waals surface area contributed by atoms with E-state index in [0.717, 1.165) is 25.1 Å². The quantitative estimate of drug-likeness (QED) is 0.579. The molecule has 2 atom stereocenters. The maximum atomic E-state index is 6.10. The van der Waals surface area contributed by atoms with E-state index in [1.54, 1.807) is 0 Å². The van der Waals surface area contributed by atoms with Crippen LogP contribution in [0.4, 0.5) is 0 Å². The van der Waals surface area contributed by atoms with Gasteiger partial charge in [0, 0.05) is 17.7 Å². The molecule has 4 N–H and O–H groups in total. The molecule has 1 saturated heterocycles. The summed E-state index contributed by atoms with van der Waals surface area (Å²) in [7, 11) is 0. The summed E-state index contributed by atoms with van der Waals surface area (Å²) in [5.74, 6) is 0. The maximum Gasteiger partial charge on any atom is 0.0830 e. The van der Waals surface area contributed by atoms with E-state index < -0.39 is 0 Å². The number of nitrogens with two attached hydrogens (primary N) is 2. The highest BCUT2D eigenvalue weighted by molar-refractivity contribution is 5.25. The molecule has 0 aromatic carbocycles. The van der Waals surface area contributed by atoms with Gasteiger partial charge in [-0.3, -0.25) is 0 Å². The fourth-order valence-electron chi connectivity index (χ4n) is 1.61. The number of rotatable bonds is 2. The van der Waals surface area contributed by atoms with Crippen molar-refractivity contribution < 1.29 is 4.74 Å². The van der Waals surface area contributed by atoms with E-state index in [1.807, 2.05) is 18.2 Å². The van der Waals surface area contributed by atoms with Crippen LogP contribution in [0.5, 0.6) is 0 Å². The zero-order valence-corrected chi connectivity index (χ0v) is 6.99. The predicted octanol–water partition coefficient (Wildman–Crippen LogP) is 0.275. The van der Waals surface area contributed by atoms with Crippen molar-refractivity contribution in [1.29, 1.82) is 0 Å². The van der Waals surface area contributed by atoms with Crippen molar-refractivity contribution in [3.8, 4) is 0 Å². The van der Waals surface area contributed by atoms with Crippen LogP contribution in [0.25, 0.3) is 0 Å². The number of allylic oxidation sites excluding steroid dienone is 2. The van der Waals surface area contributed by atoms with Crippen LogP contribution in [0.15, 0.2) is 23.9 Å². The van der Waals surface area contributed by atoms with Crippen LogP contribution in [0.1, 0.15) is 12.8 Å². The molecule has 1 aliphatic heterocycles. The highest BCUT2D eigenvalue weighted by Gasteiger charge is 2.34. The van der Waals surface area contributed by atoms with E-state index in [9.17, 15) is 0 Å². The molecule has 1 aliphatic carbocycles. The van der Waals surface area contributed by atoms with E-state index in [4.69, 9.17) is 16.2 Å². The molecule has 2 aliphatic rings. The van der Waals surface area contributed by atoms with Crippen LogP contribution in [0.3, 0.4) is 0 Å². The van der Waals surface area contributed by atoms with Gasteiger partial charge in [0.05, 0.1) is 12.7 Å². The Hall–Kier alpha value is -0.800. The van der Waals surface area contributed by atoms with Gasteiger partial charge in [0.2, 0.25) is 0 Å². The highest BCUT2D eigenvalue weighted by atomic mass is 16.6. The lowest BCUT2D eigenvalue weighted by Gasteiger charge is -2.27. The van der Waals surface area contributed by atoms with Crippen LogP contribution in [-0.4, -0.2) is 18.2 Å². The first-order valence-electron chi connectivity index (χ1n) is 4.22. The number of epoxide rings is 1. The summed E-state index contributed by atoms with van der Waals surface area (Å²) in [5, 5.41) is 0. The third-order valence-electron chi connectivity index (χ3n) is 2.28. The van der Waals surface area contributed by atoms with Gasteiger partial charge in [-0.25, -0.2) is 0 Å². The predicted molar refractivity (Wildman–Crippen MR) is 47.3 cm³/mol. The molecule has 0 spiro atoms. The lowest BCUT2D eigenvalue weighted by Crippen LogP contribution is -2.41. The Morgan fingerprint density at radius 3 is 3.00 bits per heavy atom. The monoisotopic (exact) mass is 166 g/mol. The molecule has 2 unspecified atom stereocenters. The fraction of sp³-hybridized carbons (Fsp3) is 0.556. The van der Waals surface area contributed by atoms with Gasteiger partial charge in [-0.15, -0.1) is 0 Å². The molecule has 66 valence electrons. The zero-order chi connectivity index (χ0) is 8.60. The summed E-state index contributed by atoms with van der Waals surface area (Å²) in [4.78, 5) is 0. The van der Waals surface area contributed by atoms with Crippen molar-refractivity contribution in [2.24, 2.45) is 11.5 Å². The Labute approximate surface area is 72.1 Å². The molecule has 3 nitrogen and oxygen atoms in total. The normalized spacial score (nSPS) is 39.4. The number of hydrogen-bond acceptors (Lipinski definition) is 3. The summed E-state index contributed by atoms with van der Waals surface area (Å²) >= 11 is 0. The van der Waals surface area contributed by atoms with Crippen LogP contribution >= 0.6 is 0 Å². The summed E-state index contributed by atoms with van der Waals surface area (Å²) in [6.45, 7) is 0.858. The lowest BCUT2D eigenvalue weighted by atomic mass is 9.86. The summed E-state index contributed by atoms with van der Waals surface area (Å²) in [6, 6.07) is 0. The standard InChI is InChI=1S/C9H14N2O/c10-7-2-1-3-9(11,4-7)5-8-6-12-8/h1-3,8H,4-6,10-11H2. The fourth-order valence-corrected chi connectivity index (χ4v) is 1.61. The first-order chi connectivity index (χ1) is 5.68. The molecule has 0 aromatic rings. The van der Waals surface area contributed by atoms with Crippen LogP contribution in [0.2, 0.25) is 0 Å². The Morgan fingerprint density at radius 1 is 1.67 bits per heavy atom. The van der Waals surface area contributed by atoms with Gasteiger partial charge in [-0.05, 0) is 12.5 Å². The molecular weight excluding hydrogens is 152 g/mol. The van der Waals surface area contributed by atoms with E-state index in [-0.39, 0.29) is 5.54 Å². The van der Waals surface area contributed by atoms with Gasteiger partial charge in [0.25, 0.3) is 0 Å². The van der Waals surface area contributed by atoms with Crippen molar-refractivity contribution in [3.63, 3.8) is 0 Å². The van der Waals surface area contributed by atoms with E-state index in [0.29, 0.717) is 6.10 Å². The Morgan fingerprint density at radius 2 is 2.42 bits per heavy atom. The smallest absolute Gasteiger partial charge is 0.0830 e. The second kappa shape index (κ2) is 2.61. The molecule has 2 rings (SSSR count). The molecule has 0 amide bonds. The van der Waals surface area contributed by atoms with Gasteiger partial charge in [-0.1, -0.05) is 12.2 Å². The first kappa shape index (κ1) is 7.83. The summed E-state index contributed by atoms with van der Waals surface area (Å²) < 4.78 is 5.14. The summed E-state index contributed by atoms with van der Waals surface area (Å²) in [6.07, 6.45) is 7.86. The molecule has 1 heterocycles. The topological polar surface area (TPSA) is 64.6 Å². The van der Waals surface area contributed by atoms with Gasteiger partial charge in [0.1, 0.15) is 0 Å². The lowest BCUT2D eigenvalue weighted by molar-refractivity contribution is 0.348. The van der Waals surface area contributed by atoms with E-state index in [1.165, 1.54) is 0 Å². The third kappa shape index (κ3) is 1.68. The SMILES string of the molecule is NC1=CC=CC(N)(CC2CO2)C1. The minimum absolute atomic E-state index is 0.264. The Balaban J connectivity index is 2.01. The Bertz CT molecular complexity index is 243. The summed E-state index contributed by atoms with van der Waals surface area (Å²) in [5.41, 5.74) is 12.4. The average molecular weight is 166 g/mol. The van der Waals surface area contributed by atoms with Crippen LogP contribution in [0, 0.1) is 0 Å². The third-order valence-corrected chi connectivity index (χ3v) is 2.28. The molecule has 0 bridgehead atoms. The van der Waals surface area contributed by atoms with Crippen molar-refractivity contribution in [1.82, 2.24) is 0 Å². The number of ether oxygens (including phenoxy) is 1. The second-order valence-electron chi connectivity index (χ2n) is 3.67. The van der Waals surface area contributed by atoms with Crippen molar-refractivity contribution >= 4 is 0 Å². The highest BCUT2D eigenvalue weighted by Crippen LogP contribution is 2.28. The van der Waals surface area contributed by atoms with Gasteiger partial charge < -0.3 is 16.2 Å². The van der Waals surface area contributed by atoms with Gasteiger partial charge in [-0.2, -0.15) is 0 Å². The van der Waals surface area contributed by atoms with Crippen molar-refractivity contribution in [2.45, 2.75) is 24.5 Å². The molecule has 1 fully saturated rings. The molecule has 0 radical (unpaired) electrons. The molecule has 12 heavy (non-hydrogen) atoms. The molecule has 0 saturated carbocycles. The van der Waals surface area contributed by atoms with Gasteiger partial charge >= 0.3 is 0 Å². The Kier molecular flexibility index (Phi) is 1.70. The minimum atomic E-state index is -0.264. The van der Waals surface area contributed by atoms with E-state index >= 15 is 0 Å². The average Bonchev–Trinajstić information content (AvgIpc) is 2.69. The largest absolute Gasteiger partial charge is 0.402 e. The maximum absolute atomic E-state index is 6.10.